The second-order valence-electron chi connectivity index (χ2n) is 7.27. The Hall–Kier alpha value is -2.73. The van der Waals surface area contributed by atoms with Crippen molar-refractivity contribution in [1.82, 2.24) is 24.8 Å². The van der Waals surface area contributed by atoms with Crippen molar-refractivity contribution in [2.24, 2.45) is 0 Å². The van der Waals surface area contributed by atoms with Crippen LogP contribution in [0, 0.1) is 6.92 Å². The van der Waals surface area contributed by atoms with Crippen LogP contribution in [0.5, 0.6) is 0 Å². The molecule has 0 bridgehead atoms. The highest BCUT2D eigenvalue weighted by atomic mass is 16.2. The molecule has 1 aromatic carbocycles. The number of hydrogen-bond acceptors (Lipinski definition) is 4. The van der Waals surface area contributed by atoms with Crippen LogP contribution in [0.25, 0.3) is 22.3 Å². The van der Waals surface area contributed by atoms with Gasteiger partial charge in [0.1, 0.15) is 0 Å². The van der Waals surface area contributed by atoms with Gasteiger partial charge in [0.05, 0.1) is 11.8 Å². The van der Waals surface area contributed by atoms with Gasteiger partial charge in [-0.15, -0.1) is 0 Å². The maximum atomic E-state index is 12.9. The highest BCUT2D eigenvalue weighted by molar-refractivity contribution is 5.95. The third kappa shape index (κ3) is 3.32. The summed E-state index contributed by atoms with van der Waals surface area (Å²) in [4.78, 5) is 29.1. The second-order valence-corrected chi connectivity index (χ2v) is 7.27. The molecule has 3 heterocycles. The maximum absolute atomic E-state index is 12.9. The first kappa shape index (κ1) is 17.7. The molecule has 140 valence electrons. The number of pyridine rings is 1. The van der Waals surface area contributed by atoms with E-state index >= 15 is 0 Å². The Labute approximate surface area is 159 Å². The lowest BCUT2D eigenvalue weighted by molar-refractivity contribution is 0.0542. The number of aromatic amines is 1. The quantitative estimate of drug-likeness (QED) is 0.777. The normalized spacial score (nSPS) is 18.2. The molecule has 1 aliphatic heterocycles. The summed E-state index contributed by atoms with van der Waals surface area (Å²) in [5.74, 6) is 0.118. The fourth-order valence-corrected chi connectivity index (χ4v) is 3.80. The van der Waals surface area contributed by atoms with Gasteiger partial charge < -0.3 is 9.88 Å². The molecule has 2 aromatic heterocycles. The van der Waals surface area contributed by atoms with Crippen molar-refractivity contribution in [2.45, 2.75) is 26.3 Å². The molecule has 1 saturated heterocycles. The zero-order valence-electron chi connectivity index (χ0n) is 16.1. The van der Waals surface area contributed by atoms with Gasteiger partial charge in [-0.1, -0.05) is 19.1 Å². The molecule has 27 heavy (non-hydrogen) atoms. The van der Waals surface area contributed by atoms with Crippen LogP contribution in [-0.2, 0) is 0 Å². The standard InChI is InChI=1S/C21H25N5O/c1-4-17-12-26(10-9-25(17)3)21(27)16-7-5-15(6-8-16)18-11-19-20(23-13-22-19)24-14(18)2/h5-8,11,13,17H,4,9-10,12H2,1-3H3,(H,22,23,24). The number of benzene rings is 1. The summed E-state index contributed by atoms with van der Waals surface area (Å²) in [6, 6.07) is 10.4. The number of fused-ring (bicyclic) bond motifs is 1. The van der Waals surface area contributed by atoms with Gasteiger partial charge in [-0.2, -0.15) is 0 Å². The summed E-state index contributed by atoms with van der Waals surface area (Å²) in [5.41, 5.74) is 5.42. The van der Waals surface area contributed by atoms with Crippen LogP contribution in [0.3, 0.4) is 0 Å². The van der Waals surface area contributed by atoms with Crippen LogP contribution in [0.4, 0.5) is 0 Å². The molecule has 1 unspecified atom stereocenters. The Morgan fingerprint density at radius 1 is 1.26 bits per heavy atom. The van der Waals surface area contributed by atoms with Gasteiger partial charge in [0.25, 0.3) is 5.91 Å². The van der Waals surface area contributed by atoms with E-state index < -0.39 is 0 Å². The van der Waals surface area contributed by atoms with Crippen LogP contribution >= 0.6 is 0 Å². The molecule has 0 aliphatic carbocycles. The van der Waals surface area contributed by atoms with E-state index in [4.69, 9.17) is 0 Å². The zero-order chi connectivity index (χ0) is 19.0. The van der Waals surface area contributed by atoms with Crippen molar-refractivity contribution < 1.29 is 4.79 Å². The van der Waals surface area contributed by atoms with Gasteiger partial charge in [-0.05, 0) is 44.2 Å². The molecule has 6 heteroatoms. The Balaban J connectivity index is 1.56. The zero-order valence-corrected chi connectivity index (χ0v) is 16.1. The van der Waals surface area contributed by atoms with E-state index in [1.165, 1.54) is 0 Å². The van der Waals surface area contributed by atoms with Crippen LogP contribution in [-0.4, -0.2) is 63.4 Å². The molecule has 1 N–H and O–H groups in total. The molecule has 0 radical (unpaired) electrons. The van der Waals surface area contributed by atoms with Gasteiger partial charge in [0.15, 0.2) is 5.65 Å². The third-order valence-electron chi connectivity index (χ3n) is 5.58. The highest BCUT2D eigenvalue weighted by Crippen LogP contribution is 2.26. The van der Waals surface area contributed by atoms with Gasteiger partial charge in [0, 0.05) is 42.5 Å². The average Bonchev–Trinajstić information content (AvgIpc) is 3.14. The molecule has 1 aliphatic rings. The summed E-state index contributed by atoms with van der Waals surface area (Å²) in [5, 5.41) is 0. The fourth-order valence-electron chi connectivity index (χ4n) is 3.80. The van der Waals surface area contributed by atoms with Crippen LogP contribution in [0.15, 0.2) is 36.7 Å². The topological polar surface area (TPSA) is 65.1 Å². The number of imidazole rings is 1. The Morgan fingerprint density at radius 2 is 2.04 bits per heavy atom. The highest BCUT2D eigenvalue weighted by Gasteiger charge is 2.26. The fraction of sp³-hybridized carbons (Fsp3) is 0.381. The number of aryl methyl sites for hydroxylation is 1. The Morgan fingerprint density at radius 3 is 2.78 bits per heavy atom. The van der Waals surface area contributed by atoms with E-state index in [1.54, 1.807) is 6.33 Å². The van der Waals surface area contributed by atoms with E-state index in [9.17, 15) is 4.79 Å². The number of carbonyl (C=O) groups excluding carboxylic acids is 1. The summed E-state index contributed by atoms with van der Waals surface area (Å²) in [6.07, 6.45) is 2.71. The average molecular weight is 363 g/mol. The van der Waals surface area contributed by atoms with E-state index in [2.05, 4.69) is 39.9 Å². The molecule has 1 atom stereocenters. The minimum absolute atomic E-state index is 0.118. The molecule has 0 saturated carbocycles. The van der Waals surface area contributed by atoms with Crippen molar-refractivity contribution in [1.29, 1.82) is 0 Å². The van der Waals surface area contributed by atoms with Crippen molar-refractivity contribution >= 4 is 17.1 Å². The number of H-pyrrole nitrogens is 1. The SMILES string of the molecule is CCC1CN(C(=O)c2ccc(-c3cc4[nH]cnc4nc3C)cc2)CCN1C. The minimum Gasteiger partial charge on any atom is -0.343 e. The Bertz CT molecular complexity index is 962. The van der Waals surface area contributed by atoms with E-state index in [0.29, 0.717) is 6.04 Å². The molecular formula is C21H25N5O. The Kier molecular flexibility index (Phi) is 4.66. The monoisotopic (exact) mass is 363 g/mol. The number of nitrogens with zero attached hydrogens (tertiary/aromatic N) is 4. The van der Waals surface area contributed by atoms with Crippen LogP contribution < -0.4 is 0 Å². The lowest BCUT2D eigenvalue weighted by Crippen LogP contribution is -2.52. The van der Waals surface area contributed by atoms with Crippen molar-refractivity contribution in [3.8, 4) is 11.1 Å². The van der Waals surface area contributed by atoms with E-state index in [0.717, 1.165) is 59.6 Å². The molecule has 1 fully saturated rings. The number of amides is 1. The lowest BCUT2D eigenvalue weighted by Gasteiger charge is -2.39. The maximum Gasteiger partial charge on any atom is 0.253 e. The number of carbonyl (C=O) groups is 1. The summed E-state index contributed by atoms with van der Waals surface area (Å²) in [6.45, 7) is 6.67. The number of nitrogens with one attached hydrogen (secondary N) is 1. The number of rotatable bonds is 3. The largest absolute Gasteiger partial charge is 0.343 e. The number of hydrogen-bond donors (Lipinski definition) is 1. The second kappa shape index (κ2) is 7.12. The number of likely N-dealkylation sites (N-methyl/N-ethyl adjacent to an activating group) is 1. The molecular weight excluding hydrogens is 338 g/mol. The first-order valence-electron chi connectivity index (χ1n) is 9.47. The van der Waals surface area contributed by atoms with Crippen molar-refractivity contribution in [3.05, 3.63) is 47.9 Å². The van der Waals surface area contributed by atoms with Gasteiger partial charge in [-0.3, -0.25) is 9.69 Å². The predicted molar refractivity (Wildman–Crippen MR) is 107 cm³/mol. The number of piperazine rings is 1. The van der Waals surface area contributed by atoms with Gasteiger partial charge >= 0.3 is 0 Å². The first-order chi connectivity index (χ1) is 13.1. The predicted octanol–water partition coefficient (Wildman–Crippen LogP) is 3.10. The minimum atomic E-state index is 0.118. The van der Waals surface area contributed by atoms with E-state index in [-0.39, 0.29) is 5.91 Å². The molecule has 4 rings (SSSR count). The van der Waals surface area contributed by atoms with Gasteiger partial charge in [-0.25, -0.2) is 9.97 Å². The van der Waals surface area contributed by atoms with Crippen LogP contribution in [0.1, 0.15) is 29.4 Å². The third-order valence-corrected chi connectivity index (χ3v) is 5.58. The first-order valence-corrected chi connectivity index (χ1v) is 9.47. The lowest BCUT2D eigenvalue weighted by atomic mass is 10.0. The van der Waals surface area contributed by atoms with Crippen molar-refractivity contribution in [2.75, 3.05) is 26.7 Å². The molecule has 6 nitrogen and oxygen atoms in total. The number of aromatic nitrogens is 3. The summed E-state index contributed by atoms with van der Waals surface area (Å²) < 4.78 is 0. The van der Waals surface area contributed by atoms with Gasteiger partial charge in [0.2, 0.25) is 0 Å². The summed E-state index contributed by atoms with van der Waals surface area (Å²) in [7, 11) is 2.14. The smallest absolute Gasteiger partial charge is 0.253 e. The molecule has 3 aromatic rings. The molecule has 0 spiro atoms. The van der Waals surface area contributed by atoms with Crippen molar-refractivity contribution in [3.63, 3.8) is 0 Å². The van der Waals surface area contributed by atoms with Crippen LogP contribution in [0.2, 0.25) is 0 Å². The van der Waals surface area contributed by atoms with E-state index in [1.807, 2.05) is 36.1 Å². The molecule has 1 amide bonds. The summed E-state index contributed by atoms with van der Waals surface area (Å²) >= 11 is 0.